The van der Waals surface area contributed by atoms with Crippen molar-refractivity contribution in [3.05, 3.63) is 35.4 Å². The standard InChI is InChI=1S/C17H26N2O2/c1-15(14-21-3)19(10-11-20-2)13-17-7-4-6-16(12-17)8-5-9-18/h4,6-7,12,15H,9-11,13-14,18H2,1-3H3. The van der Waals surface area contributed by atoms with E-state index in [-0.39, 0.29) is 0 Å². The zero-order chi connectivity index (χ0) is 15.5. The van der Waals surface area contributed by atoms with Gasteiger partial charge in [0.05, 0.1) is 19.8 Å². The van der Waals surface area contributed by atoms with Crippen LogP contribution in [0.2, 0.25) is 0 Å². The van der Waals surface area contributed by atoms with Gasteiger partial charge in [-0.25, -0.2) is 0 Å². The van der Waals surface area contributed by atoms with Crippen molar-refractivity contribution in [2.24, 2.45) is 5.73 Å². The van der Waals surface area contributed by atoms with Crippen molar-refractivity contribution in [1.29, 1.82) is 0 Å². The molecular weight excluding hydrogens is 264 g/mol. The third-order valence-corrected chi connectivity index (χ3v) is 3.26. The number of methoxy groups -OCH3 is 2. The number of nitrogens with zero attached hydrogens (tertiary/aromatic N) is 1. The van der Waals surface area contributed by atoms with Crippen LogP contribution in [-0.2, 0) is 16.0 Å². The van der Waals surface area contributed by atoms with Gasteiger partial charge in [0.2, 0.25) is 0 Å². The van der Waals surface area contributed by atoms with Gasteiger partial charge in [0.1, 0.15) is 0 Å². The summed E-state index contributed by atoms with van der Waals surface area (Å²) in [5.41, 5.74) is 7.65. The first kappa shape index (κ1) is 17.7. The molecule has 1 aromatic carbocycles. The van der Waals surface area contributed by atoms with Gasteiger partial charge in [0.25, 0.3) is 0 Å². The maximum atomic E-state index is 5.41. The lowest BCUT2D eigenvalue weighted by molar-refractivity contribution is 0.0705. The lowest BCUT2D eigenvalue weighted by atomic mass is 10.1. The van der Waals surface area contributed by atoms with Crippen LogP contribution in [0.25, 0.3) is 0 Å². The van der Waals surface area contributed by atoms with Crippen LogP contribution in [-0.4, -0.2) is 51.5 Å². The van der Waals surface area contributed by atoms with Crippen molar-refractivity contribution in [1.82, 2.24) is 4.90 Å². The average Bonchev–Trinajstić information content (AvgIpc) is 2.50. The molecule has 1 unspecified atom stereocenters. The second-order valence-corrected chi connectivity index (χ2v) is 4.97. The largest absolute Gasteiger partial charge is 0.383 e. The Bertz CT molecular complexity index is 465. The van der Waals surface area contributed by atoms with Crippen LogP contribution in [0.4, 0.5) is 0 Å². The van der Waals surface area contributed by atoms with Crippen LogP contribution in [0.15, 0.2) is 24.3 Å². The smallest absolute Gasteiger partial charge is 0.0615 e. The molecule has 0 spiro atoms. The molecule has 4 heteroatoms. The minimum Gasteiger partial charge on any atom is -0.383 e. The van der Waals surface area contributed by atoms with Crippen LogP contribution in [0, 0.1) is 11.8 Å². The van der Waals surface area contributed by atoms with Gasteiger partial charge in [-0.1, -0.05) is 24.0 Å². The Morgan fingerprint density at radius 3 is 2.76 bits per heavy atom. The summed E-state index contributed by atoms with van der Waals surface area (Å²) in [6.45, 7) is 5.69. The molecule has 0 amide bonds. The SMILES string of the molecule is COCCN(Cc1cccc(C#CCN)c1)C(C)COC. The van der Waals surface area contributed by atoms with E-state index in [1.165, 1.54) is 5.56 Å². The number of rotatable bonds is 8. The van der Waals surface area contributed by atoms with E-state index in [9.17, 15) is 0 Å². The van der Waals surface area contributed by atoms with Crippen molar-refractivity contribution in [2.45, 2.75) is 19.5 Å². The van der Waals surface area contributed by atoms with E-state index in [1.807, 2.05) is 12.1 Å². The summed E-state index contributed by atoms with van der Waals surface area (Å²) in [4.78, 5) is 2.35. The fourth-order valence-electron chi connectivity index (χ4n) is 2.15. The second-order valence-electron chi connectivity index (χ2n) is 4.97. The van der Waals surface area contributed by atoms with Crippen LogP contribution < -0.4 is 5.73 Å². The maximum absolute atomic E-state index is 5.41. The van der Waals surface area contributed by atoms with Gasteiger partial charge in [-0.2, -0.15) is 0 Å². The van der Waals surface area contributed by atoms with E-state index in [0.717, 1.165) is 18.7 Å². The van der Waals surface area contributed by atoms with Gasteiger partial charge >= 0.3 is 0 Å². The number of nitrogens with two attached hydrogens (primary N) is 1. The van der Waals surface area contributed by atoms with E-state index in [1.54, 1.807) is 14.2 Å². The van der Waals surface area contributed by atoms with Crippen molar-refractivity contribution in [3.8, 4) is 11.8 Å². The van der Waals surface area contributed by atoms with Gasteiger partial charge in [-0.3, -0.25) is 4.90 Å². The highest BCUT2D eigenvalue weighted by molar-refractivity contribution is 5.37. The lowest BCUT2D eigenvalue weighted by Gasteiger charge is -2.28. The number of hydrogen-bond acceptors (Lipinski definition) is 4. The van der Waals surface area contributed by atoms with E-state index >= 15 is 0 Å². The molecule has 0 aliphatic heterocycles. The normalized spacial score (nSPS) is 12.0. The fraction of sp³-hybridized carbons (Fsp3) is 0.529. The summed E-state index contributed by atoms with van der Waals surface area (Å²) < 4.78 is 10.5. The zero-order valence-electron chi connectivity index (χ0n) is 13.3. The van der Waals surface area contributed by atoms with Crippen molar-refractivity contribution in [3.63, 3.8) is 0 Å². The molecule has 0 bridgehead atoms. The third kappa shape index (κ3) is 6.74. The summed E-state index contributed by atoms with van der Waals surface area (Å²) in [6.07, 6.45) is 0. The molecule has 116 valence electrons. The Balaban J connectivity index is 2.77. The van der Waals surface area contributed by atoms with E-state index in [0.29, 0.717) is 25.8 Å². The summed E-state index contributed by atoms with van der Waals surface area (Å²) in [5.74, 6) is 5.96. The van der Waals surface area contributed by atoms with Gasteiger partial charge in [0.15, 0.2) is 0 Å². The molecule has 2 N–H and O–H groups in total. The molecule has 0 aliphatic rings. The first-order valence-electron chi connectivity index (χ1n) is 7.21. The Kier molecular flexibility index (Phi) is 8.72. The molecule has 1 atom stereocenters. The van der Waals surface area contributed by atoms with Crippen LogP contribution in [0.5, 0.6) is 0 Å². The van der Waals surface area contributed by atoms with Gasteiger partial charge in [0, 0.05) is 38.9 Å². The molecular formula is C17H26N2O2. The van der Waals surface area contributed by atoms with Gasteiger partial charge in [-0.05, 0) is 24.6 Å². The Morgan fingerprint density at radius 2 is 2.10 bits per heavy atom. The van der Waals surface area contributed by atoms with E-state index in [4.69, 9.17) is 15.2 Å². The van der Waals surface area contributed by atoms with Crippen LogP contribution in [0.3, 0.4) is 0 Å². The molecule has 0 saturated heterocycles. The summed E-state index contributed by atoms with van der Waals surface area (Å²) in [7, 11) is 3.45. The van der Waals surface area contributed by atoms with Gasteiger partial charge in [-0.15, -0.1) is 0 Å². The number of ether oxygens (including phenoxy) is 2. The molecule has 4 nitrogen and oxygen atoms in total. The highest BCUT2D eigenvalue weighted by Gasteiger charge is 2.14. The highest BCUT2D eigenvalue weighted by atomic mass is 16.5. The lowest BCUT2D eigenvalue weighted by Crippen LogP contribution is -2.38. The minimum atomic E-state index is 0.337. The van der Waals surface area contributed by atoms with Crippen molar-refractivity contribution >= 4 is 0 Å². The monoisotopic (exact) mass is 290 g/mol. The van der Waals surface area contributed by atoms with Crippen molar-refractivity contribution < 1.29 is 9.47 Å². The molecule has 0 fully saturated rings. The first-order valence-corrected chi connectivity index (χ1v) is 7.21. The van der Waals surface area contributed by atoms with Crippen molar-refractivity contribution in [2.75, 3.05) is 40.5 Å². The fourth-order valence-corrected chi connectivity index (χ4v) is 2.15. The Morgan fingerprint density at radius 1 is 1.29 bits per heavy atom. The molecule has 1 rings (SSSR count). The zero-order valence-corrected chi connectivity index (χ0v) is 13.3. The first-order chi connectivity index (χ1) is 10.2. The molecule has 0 saturated carbocycles. The van der Waals surface area contributed by atoms with E-state index < -0.39 is 0 Å². The number of hydrogen-bond donors (Lipinski definition) is 1. The van der Waals surface area contributed by atoms with E-state index in [2.05, 4.69) is 35.8 Å². The Hall–Kier alpha value is -1.38. The predicted molar refractivity (Wildman–Crippen MR) is 86.0 cm³/mol. The summed E-state index contributed by atoms with van der Waals surface area (Å²) in [6, 6.07) is 8.61. The highest BCUT2D eigenvalue weighted by Crippen LogP contribution is 2.11. The minimum absolute atomic E-state index is 0.337. The molecule has 0 aliphatic carbocycles. The van der Waals surface area contributed by atoms with Crippen LogP contribution in [0.1, 0.15) is 18.1 Å². The maximum Gasteiger partial charge on any atom is 0.0615 e. The topological polar surface area (TPSA) is 47.7 Å². The quantitative estimate of drug-likeness (QED) is 0.737. The molecule has 1 aromatic rings. The van der Waals surface area contributed by atoms with Crippen LogP contribution >= 0.6 is 0 Å². The Labute approximate surface area is 128 Å². The third-order valence-electron chi connectivity index (χ3n) is 3.26. The summed E-state index contributed by atoms with van der Waals surface area (Å²) >= 11 is 0. The molecule has 0 radical (unpaired) electrons. The predicted octanol–water partition coefficient (Wildman–Crippen LogP) is 1.48. The summed E-state index contributed by atoms with van der Waals surface area (Å²) in [5, 5.41) is 0. The molecule has 0 heterocycles. The van der Waals surface area contributed by atoms with Gasteiger partial charge < -0.3 is 15.2 Å². The number of benzene rings is 1. The molecule has 0 aromatic heterocycles. The molecule has 21 heavy (non-hydrogen) atoms. The second kappa shape index (κ2) is 10.4. The average molecular weight is 290 g/mol.